The molecule has 1 unspecified atom stereocenters. The van der Waals surface area contributed by atoms with Crippen molar-refractivity contribution in [3.8, 4) is 5.75 Å². The van der Waals surface area contributed by atoms with E-state index in [1.54, 1.807) is 23.7 Å². The number of hydrogen-bond donors (Lipinski definition) is 10. The molecule has 3 fully saturated rings. The number of unbranched alkanes of at least 4 members (excludes halogenated alkanes) is 1. The van der Waals surface area contributed by atoms with E-state index < -0.39 is 47.7 Å². The number of alkyl halides is 4. The number of halogens is 4. The first-order chi connectivity index (χ1) is 49.6. The second-order valence-corrected chi connectivity index (χ2v) is 33.7. The molecule has 8 rings (SSSR count). The fourth-order valence-corrected chi connectivity index (χ4v) is 14.9. The van der Waals surface area contributed by atoms with Crippen molar-refractivity contribution >= 4 is 124 Å². The number of carbonyl (C=O) groups is 3. The summed E-state index contributed by atoms with van der Waals surface area (Å²) in [4.78, 5) is 82.8. The number of aliphatic hydroxyl groups excluding tert-OH is 1. The van der Waals surface area contributed by atoms with Gasteiger partial charge in [0.1, 0.15) is 5.75 Å². The summed E-state index contributed by atoms with van der Waals surface area (Å²) >= 11 is 22.7. The number of aromatic nitrogens is 5. The van der Waals surface area contributed by atoms with Crippen LogP contribution in [0.15, 0.2) is 59.1 Å². The van der Waals surface area contributed by atoms with Crippen molar-refractivity contribution in [1.29, 1.82) is 0 Å². The van der Waals surface area contributed by atoms with Crippen molar-refractivity contribution in [2.75, 3.05) is 167 Å². The number of anilines is 3. The second-order valence-electron chi connectivity index (χ2n) is 25.7. The third-order valence-corrected chi connectivity index (χ3v) is 20.2. The van der Waals surface area contributed by atoms with E-state index in [0.29, 0.717) is 116 Å². The molecule has 3 aliphatic carbocycles. The van der Waals surface area contributed by atoms with Crippen molar-refractivity contribution in [2.24, 2.45) is 33.3 Å². The van der Waals surface area contributed by atoms with Gasteiger partial charge in [0.25, 0.3) is 32.1 Å². The number of primary amides is 1. The van der Waals surface area contributed by atoms with Gasteiger partial charge < -0.3 is 64.7 Å². The molecule has 1 aliphatic heterocycles. The number of carbonyl (C=O) groups excluding carboxylic acids is 3. The van der Waals surface area contributed by atoms with Crippen LogP contribution < -0.4 is 46.4 Å². The Labute approximate surface area is 644 Å². The monoisotopic (exact) mass is 1660 g/mol. The van der Waals surface area contributed by atoms with Crippen LogP contribution >= 0.6 is 61.9 Å². The van der Waals surface area contributed by atoms with Crippen LogP contribution in [-0.4, -0.2) is 258 Å². The topological polar surface area (TPSA) is 457 Å². The van der Waals surface area contributed by atoms with Crippen LogP contribution in [0.1, 0.15) is 116 Å². The van der Waals surface area contributed by atoms with E-state index in [1.165, 1.54) is 22.5 Å². The van der Waals surface area contributed by atoms with Gasteiger partial charge in [-0.1, -0.05) is 30.3 Å². The van der Waals surface area contributed by atoms with Crippen LogP contribution in [0.5, 0.6) is 5.75 Å². The summed E-state index contributed by atoms with van der Waals surface area (Å²) in [5.41, 5.74) is 15.7. The molecule has 4 aromatic rings. The fourth-order valence-electron chi connectivity index (χ4n) is 11.1. The smallest absolute Gasteiger partial charge is 0.410 e. The normalized spacial score (nSPS) is 19.4. The van der Waals surface area contributed by atoms with Crippen LogP contribution in [0.3, 0.4) is 0 Å². The predicted molar refractivity (Wildman–Crippen MR) is 413 cm³/mol. The van der Waals surface area contributed by atoms with Gasteiger partial charge in [0.15, 0.2) is 5.69 Å². The molecule has 1 saturated heterocycles. The number of aliphatic hydroxyl groups is 1. The van der Waals surface area contributed by atoms with Crippen molar-refractivity contribution in [1.82, 2.24) is 60.8 Å². The summed E-state index contributed by atoms with van der Waals surface area (Å²) in [6.45, 7) is 10.2. The lowest BCUT2D eigenvalue weighted by molar-refractivity contribution is -0.0226. The first-order valence-electron chi connectivity index (χ1n) is 33.8. The fraction of sp³-hybridized carbons (Fsp3) is 0.667. The Kier molecular flexibility index (Phi) is 44.2. The molecule has 3 amide bonds. The maximum atomic E-state index is 12.4. The van der Waals surface area contributed by atoms with Gasteiger partial charge in [-0.15, -0.1) is 51.5 Å². The number of nitrogens with zero attached hydrogens (tertiary/aromatic N) is 12. The van der Waals surface area contributed by atoms with Crippen molar-refractivity contribution in [3.63, 3.8) is 0 Å². The summed E-state index contributed by atoms with van der Waals surface area (Å²) in [5, 5.41) is 25.1. The van der Waals surface area contributed by atoms with E-state index in [1.807, 2.05) is 114 Å². The number of nitrogens with one attached hydrogen (secondary N) is 5. The first kappa shape index (κ1) is 96.8. The SMILES string of the molecule is CN(C)N=Nc1nc[nH]c1C(N)=O.CN(C)c1nc(N(C)C)nc(N(C)C)n1.CNNCc1ccc(C(=O)NC(C)C)cc1.CS(=O)(=O)OCCCCOS(C)(=O)=O.C[C@]12CC[C@@H]3c4ccc(OC(=O)N(CCCl)CCCl)cc4CC[C@H]3[C@@H]1CC[C@@H]2O.O=P(O)(O)O.O=P1(NCCCl)OCCCN1CCCl. The predicted octanol–water partition coefficient (Wildman–Crippen LogP) is 7.04. The number of hydrogen-bond acceptors (Lipinski definition) is 25. The Balaban J connectivity index is 0.000000439. The molecular weight excluding hydrogens is 1550 g/mol. The van der Waals surface area contributed by atoms with Gasteiger partial charge in [0.2, 0.25) is 23.7 Å². The van der Waals surface area contributed by atoms with Gasteiger partial charge in [-0.3, -0.25) is 38.4 Å². The molecule has 0 spiro atoms. The maximum Gasteiger partial charge on any atom is 0.466 e. The number of ether oxygens (including phenoxy) is 1. The number of nitrogens with two attached hydrogens (primary N) is 1. The average Bonchev–Trinajstić information content (AvgIpc) is 1.69. The Hall–Kier alpha value is -5.25. The van der Waals surface area contributed by atoms with E-state index in [2.05, 4.69) is 77.9 Å². The van der Waals surface area contributed by atoms with E-state index in [4.69, 9.17) is 80.6 Å². The first-order valence-corrected chi connectivity index (χ1v) is 42.7. The maximum absolute atomic E-state index is 12.4. The molecule has 0 bridgehead atoms. The van der Waals surface area contributed by atoms with Crippen molar-refractivity contribution in [2.45, 2.75) is 103 Å². The number of hydrazine groups is 1. The lowest BCUT2D eigenvalue weighted by Crippen LogP contribution is -2.43. The zero-order valence-corrected chi connectivity index (χ0v) is 69.3. The molecule has 4 aliphatic rings. The van der Waals surface area contributed by atoms with Crippen LogP contribution in [0.25, 0.3) is 0 Å². The number of benzene rings is 2. The molecule has 2 aromatic carbocycles. The van der Waals surface area contributed by atoms with E-state index in [9.17, 15) is 40.9 Å². The zero-order chi connectivity index (χ0) is 80.2. The van der Waals surface area contributed by atoms with Gasteiger partial charge in [0.05, 0.1) is 44.8 Å². The largest absolute Gasteiger partial charge is 0.466 e. The summed E-state index contributed by atoms with van der Waals surface area (Å²) < 4.78 is 84.5. The Morgan fingerprint density at radius 1 is 0.840 bits per heavy atom. The zero-order valence-electron chi connectivity index (χ0n) is 62.8. The Bertz CT molecular complexity index is 3540. The van der Waals surface area contributed by atoms with E-state index in [0.717, 1.165) is 76.1 Å². The number of imidazole rings is 1. The molecule has 6 atom stereocenters. The number of amides is 3. The summed E-state index contributed by atoms with van der Waals surface area (Å²) in [6.07, 6.45) is 11.0. The Morgan fingerprint density at radius 3 is 1.87 bits per heavy atom. The number of rotatable bonds is 28. The number of aromatic amines is 1. The van der Waals surface area contributed by atoms with Gasteiger partial charge in [0, 0.05) is 131 Å². The summed E-state index contributed by atoms with van der Waals surface area (Å²) in [6, 6.07) is 13.9. The number of aryl methyl sites for hydroxylation is 1. The molecule has 2 saturated carbocycles. The van der Waals surface area contributed by atoms with Gasteiger partial charge >= 0.3 is 21.6 Å². The molecule has 604 valence electrons. The van der Waals surface area contributed by atoms with Gasteiger partial charge in [-0.2, -0.15) is 31.8 Å². The van der Waals surface area contributed by atoms with Crippen molar-refractivity contribution < 1.29 is 77.8 Å². The number of H-pyrrole nitrogens is 1. The standard InChI is InChI=1S/C23H31Cl2NO3.C12H19N3O.C9H18N6.C7H15Cl2N2O2P.C6H10N6O.C6H14O6S2.H3O4P/c1-23-9-8-18-17-5-3-16(29-22(28)26(12-10-24)13-11-25)14-15(17)2-4-19(18)20(23)6-7-21(23)27;1-9(2)15-12(16)11-6-4-10(5-7-11)8-14-13-3;1-13(2)7-10-8(14(3)4)12-9(11-7)15(5)6;8-2-4-10-14(12)11(6-3-9)5-1-7-13-14;1-12(2)11-10-6-4(5(7)13)8-3-9-6;1-13(7,8)11-5-3-4-6-12-14(2,9)10;1-5(2,3)4/h3,5,14,18-21,27H,2,4,6-13H2,1H3;4-7,9,13-14H,8H2,1-3H3,(H,15,16);1-6H3;1-7H2,(H,10,12);3H,1-2H3,(H2,7,13)(H,8,9);3-6H2,1-2H3;(H3,1,2,3,4)/t18-,19-,20+,21+,23+;;;;;;/m1....../s1. The highest BCUT2D eigenvalue weighted by molar-refractivity contribution is 7.86. The molecular formula is C63H110Cl4N18O17P2S2. The van der Waals surface area contributed by atoms with Crippen LogP contribution in [0, 0.1) is 17.3 Å². The highest BCUT2D eigenvalue weighted by atomic mass is 35.5. The highest BCUT2D eigenvalue weighted by Crippen LogP contribution is 2.61. The van der Waals surface area contributed by atoms with E-state index in [-0.39, 0.29) is 48.2 Å². The lowest BCUT2D eigenvalue weighted by atomic mass is 9.55. The Morgan fingerprint density at radius 2 is 1.40 bits per heavy atom. The lowest BCUT2D eigenvalue weighted by Gasteiger charge is -2.50. The van der Waals surface area contributed by atoms with Crippen molar-refractivity contribution in [3.05, 3.63) is 76.7 Å². The molecule has 3 heterocycles. The average molecular weight is 1660 g/mol. The number of fused-ring (bicyclic) bond motifs is 5. The van der Waals surface area contributed by atoms with E-state index >= 15 is 0 Å². The molecule has 2 aromatic heterocycles. The molecule has 35 nitrogen and oxygen atoms in total. The summed E-state index contributed by atoms with van der Waals surface area (Å²) in [7, 11) is 2.43. The minimum Gasteiger partial charge on any atom is -0.410 e. The highest BCUT2D eigenvalue weighted by Gasteiger charge is 2.54. The third-order valence-electron chi connectivity index (χ3n) is 16.0. The van der Waals surface area contributed by atoms with Gasteiger partial charge in [-0.05, 0) is 143 Å². The summed E-state index contributed by atoms with van der Waals surface area (Å²) in [5.74, 6) is 5.59. The minimum atomic E-state index is -4.64. The van der Waals surface area contributed by atoms with Crippen LogP contribution in [0.4, 0.5) is 28.5 Å². The molecule has 106 heavy (non-hydrogen) atoms. The van der Waals surface area contributed by atoms with Gasteiger partial charge in [-0.25, -0.2) is 24.1 Å². The molecule has 11 N–H and O–H groups in total. The minimum absolute atomic E-state index is 0.0249. The molecule has 0 radical (unpaired) electrons. The quantitative estimate of drug-likeness (QED) is 0.00680. The second kappa shape index (κ2) is 48.4. The number of phosphoric acid groups is 1. The third kappa shape index (κ3) is 37.0. The van der Waals surface area contributed by atoms with Crippen LogP contribution in [-0.2, 0) is 55.2 Å². The van der Waals surface area contributed by atoms with Crippen LogP contribution in [0.2, 0.25) is 0 Å². The molecule has 43 heteroatoms.